The molecule has 18 heavy (non-hydrogen) atoms. The molecule has 2 aromatic rings. The van der Waals surface area contributed by atoms with Gasteiger partial charge in [-0.3, -0.25) is 4.79 Å². The molecule has 2 rings (SSSR count). The van der Waals surface area contributed by atoms with Crippen molar-refractivity contribution >= 4 is 29.2 Å². The van der Waals surface area contributed by atoms with E-state index in [4.69, 9.17) is 5.11 Å². The fraction of sp³-hybridized carbons (Fsp3) is 0.100. The van der Waals surface area contributed by atoms with E-state index in [1.165, 1.54) is 18.3 Å². The second kappa shape index (κ2) is 4.88. The standard InChI is InChI=1S/C10H8N4O3S/c1-5-8(18-14-13-5)9(15)12-7-4-6(10(16)17)2-3-11-7/h2-4H,1H3,(H,16,17)(H,11,12,15). The molecule has 8 heteroatoms. The Bertz CT molecular complexity index is 611. The van der Waals surface area contributed by atoms with Crippen LogP contribution in [0.25, 0.3) is 0 Å². The Morgan fingerprint density at radius 1 is 1.44 bits per heavy atom. The number of nitrogens with one attached hydrogen (secondary N) is 1. The lowest BCUT2D eigenvalue weighted by atomic mass is 10.2. The fourth-order valence-electron chi connectivity index (χ4n) is 1.24. The van der Waals surface area contributed by atoms with Crippen molar-refractivity contribution in [1.82, 2.24) is 14.6 Å². The maximum Gasteiger partial charge on any atom is 0.335 e. The van der Waals surface area contributed by atoms with Gasteiger partial charge >= 0.3 is 5.97 Å². The monoisotopic (exact) mass is 264 g/mol. The largest absolute Gasteiger partial charge is 0.478 e. The highest BCUT2D eigenvalue weighted by molar-refractivity contribution is 7.08. The number of carbonyl (C=O) groups is 2. The number of carboxylic acids is 1. The van der Waals surface area contributed by atoms with E-state index in [1.807, 2.05) is 0 Å². The molecule has 2 N–H and O–H groups in total. The van der Waals surface area contributed by atoms with Gasteiger partial charge in [0.2, 0.25) is 0 Å². The summed E-state index contributed by atoms with van der Waals surface area (Å²) < 4.78 is 3.65. The van der Waals surface area contributed by atoms with E-state index in [2.05, 4.69) is 19.9 Å². The predicted octanol–water partition coefficient (Wildman–Crippen LogP) is 1.19. The minimum absolute atomic E-state index is 0.0550. The highest BCUT2D eigenvalue weighted by Gasteiger charge is 2.14. The molecule has 0 aliphatic heterocycles. The molecule has 0 saturated heterocycles. The van der Waals surface area contributed by atoms with E-state index in [-0.39, 0.29) is 11.4 Å². The zero-order chi connectivity index (χ0) is 13.1. The number of hydrogen-bond donors (Lipinski definition) is 2. The number of amides is 1. The van der Waals surface area contributed by atoms with Gasteiger partial charge in [0, 0.05) is 6.20 Å². The smallest absolute Gasteiger partial charge is 0.335 e. The summed E-state index contributed by atoms with van der Waals surface area (Å²) in [5, 5.41) is 15.0. The van der Waals surface area contributed by atoms with Gasteiger partial charge in [0.1, 0.15) is 10.7 Å². The maximum absolute atomic E-state index is 11.8. The van der Waals surface area contributed by atoms with Crippen molar-refractivity contribution in [2.24, 2.45) is 0 Å². The number of rotatable bonds is 3. The van der Waals surface area contributed by atoms with E-state index in [9.17, 15) is 9.59 Å². The average Bonchev–Trinajstić information content (AvgIpc) is 2.76. The number of carbonyl (C=O) groups excluding carboxylic acids is 1. The van der Waals surface area contributed by atoms with Crippen molar-refractivity contribution < 1.29 is 14.7 Å². The normalized spacial score (nSPS) is 10.1. The molecule has 0 unspecified atom stereocenters. The Morgan fingerprint density at radius 2 is 2.22 bits per heavy atom. The zero-order valence-corrected chi connectivity index (χ0v) is 10.1. The molecule has 2 aromatic heterocycles. The summed E-state index contributed by atoms with van der Waals surface area (Å²) in [6.45, 7) is 1.67. The summed E-state index contributed by atoms with van der Waals surface area (Å²) in [5.74, 6) is -1.31. The number of pyridine rings is 1. The van der Waals surface area contributed by atoms with Crippen molar-refractivity contribution in [3.8, 4) is 0 Å². The number of aromatic carboxylic acids is 1. The average molecular weight is 264 g/mol. The minimum atomic E-state index is -1.08. The van der Waals surface area contributed by atoms with E-state index in [0.29, 0.717) is 10.6 Å². The SMILES string of the molecule is Cc1nnsc1C(=O)Nc1cc(C(=O)O)ccn1. The van der Waals surface area contributed by atoms with E-state index in [1.54, 1.807) is 6.92 Å². The lowest BCUT2D eigenvalue weighted by molar-refractivity contribution is 0.0696. The van der Waals surface area contributed by atoms with Gasteiger partial charge < -0.3 is 10.4 Å². The third-order valence-corrected chi connectivity index (χ3v) is 2.93. The van der Waals surface area contributed by atoms with Crippen LogP contribution >= 0.6 is 11.5 Å². The van der Waals surface area contributed by atoms with Crippen molar-refractivity contribution in [3.63, 3.8) is 0 Å². The molecule has 0 aromatic carbocycles. The van der Waals surface area contributed by atoms with Crippen LogP contribution in [0.4, 0.5) is 5.82 Å². The first-order valence-corrected chi connectivity index (χ1v) is 5.65. The van der Waals surface area contributed by atoms with Crippen LogP contribution in [0.2, 0.25) is 0 Å². The summed E-state index contributed by atoms with van der Waals surface area (Å²) >= 11 is 0.970. The van der Waals surface area contributed by atoms with Crippen LogP contribution in [0.1, 0.15) is 25.7 Å². The number of aromatic nitrogens is 3. The van der Waals surface area contributed by atoms with Crippen LogP contribution in [-0.4, -0.2) is 31.6 Å². The molecular formula is C10H8N4O3S. The van der Waals surface area contributed by atoms with Gasteiger partial charge in [-0.2, -0.15) is 0 Å². The molecule has 0 radical (unpaired) electrons. The molecule has 2 heterocycles. The number of carboxylic acid groups (broad SMARTS) is 1. The Balaban J connectivity index is 2.20. The van der Waals surface area contributed by atoms with Crippen molar-refractivity contribution in [2.75, 3.05) is 5.32 Å². The van der Waals surface area contributed by atoms with E-state index in [0.717, 1.165) is 11.5 Å². The van der Waals surface area contributed by atoms with Crippen molar-refractivity contribution in [2.45, 2.75) is 6.92 Å². The third-order valence-electron chi connectivity index (χ3n) is 2.11. The Kier molecular flexibility index (Phi) is 3.28. The topological polar surface area (TPSA) is 105 Å². The van der Waals surface area contributed by atoms with Crippen molar-refractivity contribution in [1.29, 1.82) is 0 Å². The fourth-order valence-corrected chi connectivity index (χ4v) is 1.80. The van der Waals surface area contributed by atoms with Gasteiger partial charge in [0.25, 0.3) is 5.91 Å². The number of hydrogen-bond acceptors (Lipinski definition) is 6. The summed E-state index contributed by atoms with van der Waals surface area (Å²) in [7, 11) is 0. The lowest BCUT2D eigenvalue weighted by Gasteiger charge is -2.03. The summed E-state index contributed by atoms with van der Waals surface area (Å²) in [6, 6.07) is 2.63. The molecule has 0 spiro atoms. The van der Waals surface area contributed by atoms with Gasteiger partial charge in [-0.1, -0.05) is 4.49 Å². The Morgan fingerprint density at radius 3 is 2.83 bits per heavy atom. The van der Waals surface area contributed by atoms with Crippen LogP contribution in [0.15, 0.2) is 18.3 Å². The maximum atomic E-state index is 11.8. The Labute approximate surface area is 106 Å². The summed E-state index contributed by atoms with van der Waals surface area (Å²) in [5.41, 5.74) is 0.575. The van der Waals surface area contributed by atoms with Gasteiger partial charge in [-0.05, 0) is 30.6 Å². The molecule has 0 fully saturated rings. The Hall–Kier alpha value is -2.35. The van der Waals surface area contributed by atoms with Crippen LogP contribution in [0.3, 0.4) is 0 Å². The van der Waals surface area contributed by atoms with E-state index < -0.39 is 11.9 Å². The summed E-state index contributed by atoms with van der Waals surface area (Å²) in [6.07, 6.45) is 1.32. The molecule has 92 valence electrons. The van der Waals surface area contributed by atoms with E-state index >= 15 is 0 Å². The van der Waals surface area contributed by atoms with Crippen LogP contribution < -0.4 is 5.32 Å². The van der Waals surface area contributed by atoms with Crippen LogP contribution in [-0.2, 0) is 0 Å². The molecular weight excluding hydrogens is 256 g/mol. The first kappa shape index (κ1) is 12.1. The van der Waals surface area contributed by atoms with Crippen LogP contribution in [0.5, 0.6) is 0 Å². The van der Waals surface area contributed by atoms with Gasteiger partial charge in [0.05, 0.1) is 11.3 Å². The number of aryl methyl sites for hydroxylation is 1. The quantitative estimate of drug-likeness (QED) is 0.862. The summed E-state index contributed by atoms with van der Waals surface area (Å²) in [4.78, 5) is 26.8. The van der Waals surface area contributed by atoms with Gasteiger partial charge in [-0.15, -0.1) is 5.10 Å². The minimum Gasteiger partial charge on any atom is -0.478 e. The first-order chi connectivity index (χ1) is 8.58. The zero-order valence-electron chi connectivity index (χ0n) is 9.25. The molecule has 0 aliphatic rings. The number of nitrogens with zero attached hydrogens (tertiary/aromatic N) is 3. The molecule has 0 aliphatic carbocycles. The molecule has 0 atom stereocenters. The van der Waals surface area contributed by atoms with Gasteiger partial charge in [-0.25, -0.2) is 9.78 Å². The second-order valence-electron chi connectivity index (χ2n) is 3.38. The van der Waals surface area contributed by atoms with Crippen LogP contribution in [0, 0.1) is 6.92 Å². The lowest BCUT2D eigenvalue weighted by Crippen LogP contribution is -2.13. The molecule has 1 amide bonds. The van der Waals surface area contributed by atoms with Crippen molar-refractivity contribution in [3.05, 3.63) is 34.5 Å². The highest BCUT2D eigenvalue weighted by atomic mass is 32.1. The second-order valence-corrected chi connectivity index (χ2v) is 4.13. The van der Waals surface area contributed by atoms with Gasteiger partial charge in [0.15, 0.2) is 0 Å². The molecule has 7 nitrogen and oxygen atoms in total. The molecule has 0 saturated carbocycles. The molecule has 0 bridgehead atoms. The predicted molar refractivity (Wildman–Crippen MR) is 63.8 cm³/mol. The highest BCUT2D eigenvalue weighted by Crippen LogP contribution is 2.13. The number of anilines is 1. The third kappa shape index (κ3) is 2.48. The first-order valence-electron chi connectivity index (χ1n) is 4.87.